The van der Waals surface area contributed by atoms with Gasteiger partial charge in [0, 0.05) is 23.1 Å². The lowest BCUT2D eigenvalue weighted by molar-refractivity contribution is 0.0951. The molecule has 4 aromatic carbocycles. The summed E-state index contributed by atoms with van der Waals surface area (Å²) in [6.45, 7) is 0.742. The van der Waals surface area contributed by atoms with Crippen molar-refractivity contribution in [1.82, 2.24) is 10.6 Å². The Morgan fingerprint density at radius 2 is 1.40 bits per heavy atom. The van der Waals surface area contributed by atoms with Crippen LogP contribution in [0.2, 0.25) is 0 Å². The van der Waals surface area contributed by atoms with Crippen LogP contribution in [-0.2, 0) is 23.1 Å². The molecule has 0 unspecified atom stereocenters. The molecule has 0 saturated heterocycles. The normalized spacial score (nSPS) is 10.6. The second-order valence-corrected chi connectivity index (χ2v) is 11.0. The molecule has 0 bridgehead atoms. The first-order chi connectivity index (χ1) is 18.7. The Morgan fingerprint density at radius 1 is 0.825 bits per heavy atom. The van der Waals surface area contributed by atoms with Crippen molar-refractivity contribution in [3.8, 4) is 11.5 Å². The maximum Gasteiger partial charge on any atom is 0.262 e. The summed E-state index contributed by atoms with van der Waals surface area (Å²) < 4.78 is 35.4. The van der Waals surface area contributed by atoms with E-state index in [1.807, 2.05) is 36.4 Å². The SMILES string of the molecule is Cl.N=C(N)NCc1ccc(CNC(=O)c2ccc(S(=O)(=O)Nc3ccccc3Oc3ccc(Br)cc3)cc2)cc1. The Labute approximate surface area is 247 Å². The highest BCUT2D eigenvalue weighted by atomic mass is 79.9. The lowest BCUT2D eigenvalue weighted by Crippen LogP contribution is -2.29. The van der Waals surface area contributed by atoms with Gasteiger partial charge in [-0.3, -0.25) is 14.9 Å². The standard InChI is InChI=1S/C28H26BrN5O4S.ClH/c29-22-11-13-23(14-12-22)38-26-4-2-1-3-25(26)34-39(36,37)24-15-9-21(10-16-24)27(35)32-17-19-5-7-20(8-6-19)18-33-28(30)31;/h1-16,34H,17-18H2,(H,32,35)(H4,30,31,33);1H. The molecule has 0 aliphatic carbocycles. The van der Waals surface area contributed by atoms with Crippen LogP contribution >= 0.6 is 28.3 Å². The number of nitrogens with two attached hydrogens (primary N) is 1. The van der Waals surface area contributed by atoms with E-state index in [0.29, 0.717) is 30.2 Å². The van der Waals surface area contributed by atoms with Gasteiger partial charge in [-0.2, -0.15) is 0 Å². The van der Waals surface area contributed by atoms with Crippen molar-refractivity contribution in [3.05, 3.63) is 118 Å². The van der Waals surface area contributed by atoms with Crippen molar-refractivity contribution in [2.24, 2.45) is 5.73 Å². The Morgan fingerprint density at radius 3 is 2.00 bits per heavy atom. The van der Waals surface area contributed by atoms with Crippen molar-refractivity contribution in [2.75, 3.05) is 4.72 Å². The fourth-order valence-electron chi connectivity index (χ4n) is 3.52. The number of carbonyl (C=O) groups is 1. The maximum atomic E-state index is 13.1. The van der Waals surface area contributed by atoms with Gasteiger partial charge in [0.2, 0.25) is 0 Å². The number of anilines is 1. The summed E-state index contributed by atoms with van der Waals surface area (Å²) >= 11 is 3.37. The molecular formula is C28H27BrClN5O4S. The van der Waals surface area contributed by atoms with E-state index < -0.39 is 10.0 Å². The van der Waals surface area contributed by atoms with Gasteiger partial charge >= 0.3 is 0 Å². The number of ether oxygens (including phenoxy) is 1. The highest BCUT2D eigenvalue weighted by Crippen LogP contribution is 2.31. The molecule has 0 radical (unpaired) electrons. The second kappa shape index (κ2) is 13.8. The smallest absolute Gasteiger partial charge is 0.262 e. The number of amides is 1. The third kappa shape index (κ3) is 8.47. The predicted octanol–water partition coefficient (Wildman–Crippen LogP) is 5.38. The molecule has 12 heteroatoms. The number of hydrogen-bond acceptors (Lipinski definition) is 5. The number of nitrogens with one attached hydrogen (secondary N) is 4. The number of hydrogen-bond donors (Lipinski definition) is 5. The molecule has 0 saturated carbocycles. The van der Waals surface area contributed by atoms with Crippen LogP contribution in [0.4, 0.5) is 5.69 Å². The number of carbonyl (C=O) groups excluding carboxylic acids is 1. The second-order valence-electron chi connectivity index (χ2n) is 8.45. The summed E-state index contributed by atoms with van der Waals surface area (Å²) in [6, 6.07) is 27.1. The molecule has 0 aliphatic rings. The zero-order chi connectivity index (χ0) is 27.8. The predicted molar refractivity (Wildman–Crippen MR) is 162 cm³/mol. The van der Waals surface area contributed by atoms with E-state index in [2.05, 4.69) is 31.3 Å². The van der Waals surface area contributed by atoms with E-state index >= 15 is 0 Å². The van der Waals surface area contributed by atoms with E-state index in [0.717, 1.165) is 15.6 Å². The number of rotatable bonds is 10. The Kier molecular flexibility index (Phi) is 10.5. The van der Waals surface area contributed by atoms with Crippen molar-refractivity contribution < 1.29 is 17.9 Å². The van der Waals surface area contributed by atoms with Gasteiger partial charge in [-0.05, 0) is 71.8 Å². The van der Waals surface area contributed by atoms with Gasteiger partial charge in [-0.15, -0.1) is 12.4 Å². The monoisotopic (exact) mass is 643 g/mol. The first-order valence-corrected chi connectivity index (χ1v) is 14.1. The zero-order valence-corrected chi connectivity index (χ0v) is 24.3. The summed E-state index contributed by atoms with van der Waals surface area (Å²) in [4.78, 5) is 12.6. The van der Waals surface area contributed by atoms with Crippen LogP contribution in [0, 0.1) is 5.41 Å². The highest BCUT2D eigenvalue weighted by molar-refractivity contribution is 9.10. The minimum absolute atomic E-state index is 0. The summed E-state index contributed by atoms with van der Waals surface area (Å²) in [5.41, 5.74) is 7.75. The molecule has 0 spiro atoms. The maximum absolute atomic E-state index is 13.1. The van der Waals surface area contributed by atoms with Crippen molar-refractivity contribution in [2.45, 2.75) is 18.0 Å². The molecule has 6 N–H and O–H groups in total. The van der Waals surface area contributed by atoms with Gasteiger partial charge in [-0.25, -0.2) is 8.42 Å². The quantitative estimate of drug-likeness (QED) is 0.116. The first kappa shape index (κ1) is 30.5. The number of para-hydroxylation sites is 2. The van der Waals surface area contributed by atoms with Crippen LogP contribution in [0.1, 0.15) is 21.5 Å². The highest BCUT2D eigenvalue weighted by Gasteiger charge is 2.18. The third-order valence-corrected chi connectivity index (χ3v) is 7.47. The van der Waals surface area contributed by atoms with Gasteiger partial charge in [-0.1, -0.05) is 52.3 Å². The molecule has 208 valence electrons. The molecule has 0 aliphatic heterocycles. The van der Waals surface area contributed by atoms with Crippen LogP contribution in [0.5, 0.6) is 11.5 Å². The Bertz CT molecular complexity index is 1570. The van der Waals surface area contributed by atoms with E-state index in [1.54, 1.807) is 36.4 Å². The molecule has 0 atom stereocenters. The number of benzene rings is 4. The average Bonchev–Trinajstić information content (AvgIpc) is 2.93. The van der Waals surface area contributed by atoms with Gasteiger partial charge in [0.05, 0.1) is 10.6 Å². The molecule has 9 nitrogen and oxygen atoms in total. The van der Waals surface area contributed by atoms with Crippen LogP contribution in [-0.4, -0.2) is 20.3 Å². The summed E-state index contributed by atoms with van der Waals surface area (Å²) in [5.74, 6) is 0.475. The van der Waals surface area contributed by atoms with E-state index in [9.17, 15) is 13.2 Å². The Balaban J connectivity index is 0.00000441. The summed E-state index contributed by atoms with van der Waals surface area (Å²) in [5, 5.41) is 12.8. The first-order valence-electron chi connectivity index (χ1n) is 11.8. The van der Waals surface area contributed by atoms with Crippen LogP contribution in [0.25, 0.3) is 0 Å². The van der Waals surface area contributed by atoms with Crippen molar-refractivity contribution in [3.63, 3.8) is 0 Å². The summed E-state index contributed by atoms with van der Waals surface area (Å²) in [6.07, 6.45) is 0. The molecule has 40 heavy (non-hydrogen) atoms. The molecule has 0 fully saturated rings. The fourth-order valence-corrected chi connectivity index (χ4v) is 4.85. The Hall–Kier alpha value is -4.06. The topological polar surface area (TPSA) is 146 Å². The van der Waals surface area contributed by atoms with Crippen molar-refractivity contribution in [1.29, 1.82) is 5.41 Å². The number of halogens is 2. The zero-order valence-electron chi connectivity index (χ0n) is 21.1. The van der Waals surface area contributed by atoms with Crippen LogP contribution in [0.3, 0.4) is 0 Å². The minimum atomic E-state index is -3.94. The fraction of sp³-hybridized carbons (Fsp3) is 0.0714. The number of guanidine groups is 1. The van der Waals surface area contributed by atoms with Crippen LogP contribution < -0.4 is 25.8 Å². The molecule has 4 aromatic rings. The number of sulfonamides is 1. The average molecular weight is 645 g/mol. The van der Waals surface area contributed by atoms with Gasteiger partial charge in [0.15, 0.2) is 11.7 Å². The van der Waals surface area contributed by atoms with E-state index in [1.165, 1.54) is 24.3 Å². The van der Waals surface area contributed by atoms with E-state index in [-0.39, 0.29) is 34.9 Å². The molecule has 1 amide bonds. The summed E-state index contributed by atoms with van der Waals surface area (Å²) in [7, 11) is -3.94. The van der Waals surface area contributed by atoms with Gasteiger partial charge in [0.1, 0.15) is 5.75 Å². The third-order valence-electron chi connectivity index (χ3n) is 5.56. The van der Waals surface area contributed by atoms with Crippen molar-refractivity contribution >= 4 is 55.9 Å². The molecule has 4 rings (SSSR count). The molecule has 0 aromatic heterocycles. The van der Waals surface area contributed by atoms with Gasteiger partial charge in [0.25, 0.3) is 15.9 Å². The van der Waals surface area contributed by atoms with Crippen LogP contribution in [0.15, 0.2) is 106 Å². The molecule has 0 heterocycles. The lowest BCUT2D eigenvalue weighted by atomic mass is 10.1. The largest absolute Gasteiger partial charge is 0.455 e. The minimum Gasteiger partial charge on any atom is -0.455 e. The van der Waals surface area contributed by atoms with Gasteiger partial charge < -0.3 is 21.1 Å². The molecular weight excluding hydrogens is 618 g/mol. The lowest BCUT2D eigenvalue weighted by Gasteiger charge is -2.14. The van der Waals surface area contributed by atoms with E-state index in [4.69, 9.17) is 15.9 Å².